The van der Waals surface area contributed by atoms with Gasteiger partial charge >= 0.3 is 5.88 Å². The smallest absolute Gasteiger partial charge is 0.409 e. The van der Waals surface area contributed by atoms with Gasteiger partial charge in [-0.15, -0.1) is 4.73 Å². The molecule has 0 atom stereocenters. The number of aromatic nitrogens is 3. The Kier molecular flexibility index (Phi) is 4.90. The van der Waals surface area contributed by atoms with Gasteiger partial charge < -0.3 is 14.5 Å². The van der Waals surface area contributed by atoms with Gasteiger partial charge in [-0.2, -0.15) is 0 Å². The first kappa shape index (κ1) is 18.3. The van der Waals surface area contributed by atoms with Crippen molar-refractivity contribution in [2.75, 3.05) is 0 Å². The predicted molar refractivity (Wildman–Crippen MR) is 111 cm³/mol. The molecule has 5 nitrogen and oxygen atoms in total. The molecule has 0 unspecified atom stereocenters. The SMILES string of the molecule is CCc1nc2c(OCc3ccccc3)[n+]([O-])c3ccccc3c2n1CC(C)C. The minimum atomic E-state index is 0.273. The maximum atomic E-state index is 13.1. The zero-order valence-electron chi connectivity index (χ0n) is 16.6. The lowest BCUT2D eigenvalue weighted by Gasteiger charge is -2.13. The first-order valence-corrected chi connectivity index (χ1v) is 9.80. The first-order chi connectivity index (χ1) is 13.6. The highest BCUT2D eigenvalue weighted by molar-refractivity contribution is 6.02. The van der Waals surface area contributed by atoms with Crippen LogP contribution in [0.2, 0.25) is 0 Å². The van der Waals surface area contributed by atoms with Gasteiger partial charge in [0.15, 0.2) is 0 Å². The zero-order chi connectivity index (χ0) is 19.7. The molecule has 4 rings (SSSR count). The Balaban J connectivity index is 1.94. The van der Waals surface area contributed by atoms with E-state index in [1.165, 1.54) is 0 Å². The molecule has 0 spiro atoms. The lowest BCUT2D eigenvalue weighted by atomic mass is 10.1. The maximum Gasteiger partial charge on any atom is 0.409 e. The lowest BCUT2D eigenvalue weighted by Crippen LogP contribution is -2.30. The van der Waals surface area contributed by atoms with Crippen molar-refractivity contribution in [3.8, 4) is 5.88 Å². The van der Waals surface area contributed by atoms with E-state index in [0.29, 0.717) is 23.6 Å². The highest BCUT2D eigenvalue weighted by atomic mass is 16.5. The van der Waals surface area contributed by atoms with Gasteiger partial charge in [0.1, 0.15) is 12.4 Å². The fourth-order valence-electron chi connectivity index (χ4n) is 3.66. The van der Waals surface area contributed by atoms with Crippen molar-refractivity contribution < 1.29 is 9.47 Å². The molecular weight excluding hydrogens is 350 g/mol. The van der Waals surface area contributed by atoms with E-state index < -0.39 is 0 Å². The molecule has 4 aromatic rings. The highest BCUT2D eigenvalue weighted by Crippen LogP contribution is 2.31. The van der Waals surface area contributed by atoms with E-state index in [1.54, 1.807) is 0 Å². The van der Waals surface area contributed by atoms with Crippen LogP contribution in [0.1, 0.15) is 32.2 Å². The maximum absolute atomic E-state index is 13.1. The second kappa shape index (κ2) is 7.50. The van der Waals surface area contributed by atoms with Gasteiger partial charge in [-0.1, -0.05) is 63.2 Å². The Labute approximate surface area is 164 Å². The van der Waals surface area contributed by atoms with Crippen molar-refractivity contribution in [3.63, 3.8) is 0 Å². The molecule has 0 saturated carbocycles. The van der Waals surface area contributed by atoms with Gasteiger partial charge in [0.25, 0.3) is 0 Å². The molecule has 0 amide bonds. The number of hydrogen-bond acceptors (Lipinski definition) is 3. The van der Waals surface area contributed by atoms with Crippen molar-refractivity contribution in [2.45, 2.75) is 40.3 Å². The molecule has 0 N–H and O–H groups in total. The topological polar surface area (TPSA) is 54.0 Å². The van der Waals surface area contributed by atoms with Crippen molar-refractivity contribution in [3.05, 3.63) is 71.2 Å². The van der Waals surface area contributed by atoms with Crippen LogP contribution in [-0.4, -0.2) is 9.55 Å². The summed E-state index contributed by atoms with van der Waals surface area (Å²) in [6.45, 7) is 7.66. The number of benzene rings is 2. The van der Waals surface area contributed by atoms with Crippen LogP contribution < -0.4 is 9.47 Å². The molecule has 0 aliphatic rings. The van der Waals surface area contributed by atoms with E-state index in [4.69, 9.17) is 9.72 Å². The normalized spacial score (nSPS) is 11.6. The van der Waals surface area contributed by atoms with E-state index >= 15 is 0 Å². The van der Waals surface area contributed by atoms with E-state index in [9.17, 15) is 5.21 Å². The van der Waals surface area contributed by atoms with Gasteiger partial charge in [0.2, 0.25) is 11.0 Å². The fraction of sp³-hybridized carbons (Fsp3) is 0.304. The van der Waals surface area contributed by atoms with Crippen molar-refractivity contribution >= 4 is 21.9 Å². The number of pyridine rings is 1. The van der Waals surface area contributed by atoms with Crippen LogP contribution >= 0.6 is 0 Å². The lowest BCUT2D eigenvalue weighted by molar-refractivity contribution is -0.584. The number of imidazole rings is 1. The summed E-state index contributed by atoms with van der Waals surface area (Å²) in [5.41, 5.74) is 3.24. The number of fused-ring (bicyclic) bond motifs is 3. The van der Waals surface area contributed by atoms with Crippen LogP contribution in [0.5, 0.6) is 5.88 Å². The third kappa shape index (κ3) is 3.17. The third-order valence-electron chi connectivity index (χ3n) is 4.89. The second-order valence-electron chi connectivity index (χ2n) is 7.47. The molecule has 0 aliphatic heterocycles. The number of aryl methyl sites for hydroxylation is 1. The summed E-state index contributed by atoms with van der Waals surface area (Å²) in [7, 11) is 0. The molecule has 5 heteroatoms. The summed E-state index contributed by atoms with van der Waals surface area (Å²) >= 11 is 0. The van der Waals surface area contributed by atoms with E-state index in [1.807, 2.05) is 54.6 Å². The Morgan fingerprint density at radius 2 is 1.79 bits per heavy atom. The van der Waals surface area contributed by atoms with Crippen LogP contribution in [0.25, 0.3) is 21.9 Å². The quantitative estimate of drug-likeness (QED) is 0.365. The molecule has 0 bridgehead atoms. The zero-order valence-corrected chi connectivity index (χ0v) is 16.6. The molecule has 0 saturated heterocycles. The monoisotopic (exact) mass is 375 g/mol. The molecule has 2 aromatic heterocycles. The first-order valence-electron chi connectivity index (χ1n) is 9.80. The van der Waals surface area contributed by atoms with Gasteiger partial charge in [-0.25, -0.2) is 4.98 Å². The molecule has 28 heavy (non-hydrogen) atoms. The number of nitrogens with zero attached hydrogens (tertiary/aromatic N) is 3. The predicted octanol–water partition coefficient (Wildman–Crippen LogP) is 4.62. The molecule has 0 radical (unpaired) electrons. The molecule has 0 aliphatic carbocycles. The second-order valence-corrected chi connectivity index (χ2v) is 7.47. The molecule has 2 aromatic carbocycles. The van der Waals surface area contributed by atoms with Crippen LogP contribution in [0.3, 0.4) is 0 Å². The Morgan fingerprint density at radius 1 is 1.07 bits per heavy atom. The third-order valence-corrected chi connectivity index (χ3v) is 4.89. The summed E-state index contributed by atoms with van der Waals surface area (Å²) in [6, 6.07) is 17.6. The molecule has 144 valence electrons. The highest BCUT2D eigenvalue weighted by Gasteiger charge is 2.26. The molecule has 2 heterocycles. The van der Waals surface area contributed by atoms with Crippen molar-refractivity contribution in [2.24, 2.45) is 5.92 Å². The van der Waals surface area contributed by atoms with Gasteiger partial charge in [0, 0.05) is 19.0 Å². The van der Waals surface area contributed by atoms with Crippen LogP contribution in [-0.2, 0) is 19.6 Å². The summed E-state index contributed by atoms with van der Waals surface area (Å²) in [6.07, 6.45) is 0.798. The van der Waals surface area contributed by atoms with Crippen molar-refractivity contribution in [1.29, 1.82) is 0 Å². The summed E-state index contributed by atoms with van der Waals surface area (Å²) in [5.74, 6) is 1.72. The fourth-order valence-corrected chi connectivity index (χ4v) is 3.66. The van der Waals surface area contributed by atoms with E-state index in [-0.39, 0.29) is 5.88 Å². The summed E-state index contributed by atoms with van der Waals surface area (Å²) in [5, 5.41) is 14.0. The van der Waals surface area contributed by atoms with Gasteiger partial charge in [-0.3, -0.25) is 0 Å². The molecular formula is C23H25N3O2. The van der Waals surface area contributed by atoms with E-state index in [0.717, 1.165) is 40.0 Å². The Hall–Kier alpha value is -3.08. The van der Waals surface area contributed by atoms with Crippen LogP contribution in [0.15, 0.2) is 54.6 Å². The largest absolute Gasteiger partial charge is 0.616 e. The average Bonchev–Trinajstić information content (AvgIpc) is 3.06. The van der Waals surface area contributed by atoms with E-state index in [2.05, 4.69) is 25.3 Å². The van der Waals surface area contributed by atoms with Gasteiger partial charge in [0.05, 0.1) is 10.9 Å². The van der Waals surface area contributed by atoms with Crippen LogP contribution in [0.4, 0.5) is 0 Å². The molecule has 0 fully saturated rings. The number of hydrogen-bond donors (Lipinski definition) is 0. The minimum Gasteiger partial charge on any atom is -0.616 e. The standard InChI is InChI=1S/C23H25N3O2/c1-4-20-24-21-22(25(20)14-16(2)3)18-12-8-9-13-19(18)26(27)23(21)28-15-17-10-6-5-7-11-17/h5-13,16H,4,14-15H2,1-3H3. The van der Waals surface area contributed by atoms with Crippen molar-refractivity contribution in [1.82, 2.24) is 9.55 Å². The Bertz CT molecular complexity index is 1120. The number of rotatable bonds is 6. The average molecular weight is 375 g/mol. The summed E-state index contributed by atoms with van der Waals surface area (Å²) in [4.78, 5) is 4.82. The van der Waals surface area contributed by atoms with Gasteiger partial charge in [-0.05, 0) is 17.5 Å². The number of para-hydroxylation sites is 1. The van der Waals surface area contributed by atoms with Crippen LogP contribution in [0, 0.1) is 11.1 Å². The minimum absolute atomic E-state index is 0.273. The Morgan fingerprint density at radius 3 is 2.50 bits per heavy atom. The summed E-state index contributed by atoms with van der Waals surface area (Å²) < 4.78 is 9.17. The number of ether oxygens (including phenoxy) is 1.